The molecule has 0 radical (unpaired) electrons. The second-order valence-corrected chi connectivity index (χ2v) is 6.69. The van der Waals surface area contributed by atoms with Crippen molar-refractivity contribution in [3.63, 3.8) is 0 Å². The van der Waals surface area contributed by atoms with Crippen LogP contribution >= 0.6 is 0 Å². The average molecular weight is 319 g/mol. The Morgan fingerprint density at radius 1 is 0.958 bits per heavy atom. The number of carboxylic acid groups (broad SMARTS) is 1. The van der Waals surface area contributed by atoms with Crippen LogP contribution in [0.5, 0.6) is 0 Å². The van der Waals surface area contributed by atoms with Crippen molar-refractivity contribution in [2.24, 2.45) is 5.92 Å². The molecule has 0 bridgehead atoms. The maximum atomic E-state index is 11.2. The third-order valence-electron chi connectivity index (χ3n) is 5.20. The molecular formula is C21H21NO2. The number of piperidine rings is 1. The minimum atomic E-state index is -0.648. The standard InChI is InChI=1S/C21H21NO2/c23-21(24)15-9-11-22(12-10-15)14-20-18-7-3-1-5-16(18)13-17-6-2-4-8-19(17)20/h1-8,13,15H,9-12,14H2,(H,23,24). The fraction of sp³-hybridized carbons (Fsp3) is 0.286. The van der Waals surface area contributed by atoms with Gasteiger partial charge in [-0.1, -0.05) is 48.5 Å². The number of aliphatic carboxylic acids is 1. The van der Waals surface area contributed by atoms with Crippen LogP contribution < -0.4 is 0 Å². The molecule has 1 aliphatic rings. The second-order valence-electron chi connectivity index (χ2n) is 6.69. The first-order valence-corrected chi connectivity index (χ1v) is 8.57. The van der Waals surface area contributed by atoms with Crippen molar-refractivity contribution >= 4 is 27.5 Å². The van der Waals surface area contributed by atoms with Crippen molar-refractivity contribution < 1.29 is 9.90 Å². The molecule has 0 aliphatic carbocycles. The molecule has 0 spiro atoms. The Kier molecular flexibility index (Phi) is 3.95. The van der Waals surface area contributed by atoms with E-state index in [0.29, 0.717) is 0 Å². The van der Waals surface area contributed by atoms with E-state index in [9.17, 15) is 9.90 Å². The average Bonchev–Trinajstić information content (AvgIpc) is 2.62. The summed E-state index contributed by atoms with van der Waals surface area (Å²) >= 11 is 0. The van der Waals surface area contributed by atoms with Gasteiger partial charge in [0.15, 0.2) is 0 Å². The van der Waals surface area contributed by atoms with Crippen molar-refractivity contribution in [2.45, 2.75) is 19.4 Å². The molecule has 3 heteroatoms. The van der Waals surface area contributed by atoms with Crippen LogP contribution in [0.4, 0.5) is 0 Å². The molecule has 122 valence electrons. The van der Waals surface area contributed by atoms with E-state index in [0.717, 1.165) is 32.5 Å². The third kappa shape index (κ3) is 2.76. The Morgan fingerprint density at radius 3 is 2.04 bits per heavy atom. The van der Waals surface area contributed by atoms with Gasteiger partial charge in [-0.2, -0.15) is 0 Å². The zero-order valence-corrected chi connectivity index (χ0v) is 13.6. The number of hydrogen-bond acceptors (Lipinski definition) is 2. The number of carbonyl (C=O) groups is 1. The van der Waals surface area contributed by atoms with Crippen LogP contribution in [0.1, 0.15) is 18.4 Å². The maximum Gasteiger partial charge on any atom is 0.306 e. The molecular weight excluding hydrogens is 298 g/mol. The number of nitrogens with zero attached hydrogens (tertiary/aromatic N) is 1. The summed E-state index contributed by atoms with van der Waals surface area (Å²) in [5.74, 6) is -0.823. The Hall–Kier alpha value is -2.39. The number of benzene rings is 3. The first-order chi connectivity index (χ1) is 11.7. The second kappa shape index (κ2) is 6.25. The molecule has 24 heavy (non-hydrogen) atoms. The van der Waals surface area contributed by atoms with E-state index in [1.54, 1.807) is 0 Å². The normalized spacial score (nSPS) is 16.7. The Labute approximate surface area is 141 Å². The van der Waals surface area contributed by atoms with Gasteiger partial charge in [0.05, 0.1) is 5.92 Å². The molecule has 4 rings (SSSR count). The predicted octanol–water partition coefficient (Wildman–Crippen LogP) is 4.29. The van der Waals surface area contributed by atoms with E-state index >= 15 is 0 Å². The molecule has 1 fully saturated rings. The van der Waals surface area contributed by atoms with E-state index in [4.69, 9.17) is 0 Å². The zero-order valence-electron chi connectivity index (χ0n) is 13.6. The van der Waals surface area contributed by atoms with Gasteiger partial charge >= 0.3 is 5.97 Å². The van der Waals surface area contributed by atoms with Gasteiger partial charge in [0.25, 0.3) is 0 Å². The van der Waals surface area contributed by atoms with Gasteiger partial charge in [-0.3, -0.25) is 9.69 Å². The molecule has 0 unspecified atom stereocenters. The van der Waals surface area contributed by atoms with Gasteiger partial charge in [-0.15, -0.1) is 0 Å². The molecule has 1 saturated heterocycles. The van der Waals surface area contributed by atoms with Crippen LogP contribution in [0.25, 0.3) is 21.5 Å². The Balaban J connectivity index is 1.71. The fourth-order valence-electron chi connectivity index (χ4n) is 3.84. The Morgan fingerprint density at radius 2 is 1.50 bits per heavy atom. The van der Waals surface area contributed by atoms with Gasteiger partial charge in [0, 0.05) is 6.54 Å². The van der Waals surface area contributed by atoms with Crippen LogP contribution in [0.3, 0.4) is 0 Å². The summed E-state index contributed by atoms with van der Waals surface area (Å²) in [7, 11) is 0. The minimum absolute atomic E-state index is 0.175. The monoisotopic (exact) mass is 319 g/mol. The molecule has 3 aromatic carbocycles. The number of carboxylic acids is 1. The van der Waals surface area contributed by atoms with Gasteiger partial charge in [-0.05, 0) is 59.1 Å². The van der Waals surface area contributed by atoms with Crippen LogP contribution in [-0.4, -0.2) is 29.1 Å². The molecule has 3 aromatic rings. The summed E-state index contributed by atoms with van der Waals surface area (Å²) in [6.45, 7) is 2.59. The molecule has 3 nitrogen and oxygen atoms in total. The van der Waals surface area contributed by atoms with Crippen LogP contribution in [0.15, 0.2) is 54.6 Å². The summed E-state index contributed by atoms with van der Waals surface area (Å²) < 4.78 is 0. The smallest absolute Gasteiger partial charge is 0.306 e. The lowest BCUT2D eigenvalue weighted by Gasteiger charge is -2.30. The van der Waals surface area contributed by atoms with Crippen LogP contribution in [-0.2, 0) is 11.3 Å². The summed E-state index contributed by atoms with van der Waals surface area (Å²) in [6, 6.07) is 19.3. The Bertz CT molecular complexity index is 841. The highest BCUT2D eigenvalue weighted by atomic mass is 16.4. The first-order valence-electron chi connectivity index (χ1n) is 8.57. The molecule has 1 heterocycles. The van der Waals surface area contributed by atoms with Crippen molar-refractivity contribution in [3.05, 3.63) is 60.2 Å². The van der Waals surface area contributed by atoms with E-state index in [-0.39, 0.29) is 5.92 Å². The van der Waals surface area contributed by atoms with Crippen molar-refractivity contribution in [3.8, 4) is 0 Å². The van der Waals surface area contributed by atoms with Gasteiger partial charge < -0.3 is 5.11 Å². The van der Waals surface area contributed by atoms with E-state index in [1.807, 2.05) is 0 Å². The van der Waals surface area contributed by atoms with Crippen LogP contribution in [0, 0.1) is 5.92 Å². The lowest BCUT2D eigenvalue weighted by atomic mass is 9.94. The summed E-state index contributed by atoms with van der Waals surface area (Å²) in [6.07, 6.45) is 1.50. The number of fused-ring (bicyclic) bond motifs is 2. The molecule has 0 saturated carbocycles. The molecule has 0 amide bonds. The number of likely N-dealkylation sites (tertiary alicyclic amines) is 1. The van der Waals surface area contributed by atoms with E-state index in [1.165, 1.54) is 27.1 Å². The predicted molar refractivity (Wildman–Crippen MR) is 97.1 cm³/mol. The fourth-order valence-corrected chi connectivity index (χ4v) is 3.84. The van der Waals surface area contributed by atoms with Crippen LogP contribution in [0.2, 0.25) is 0 Å². The van der Waals surface area contributed by atoms with E-state index < -0.39 is 5.97 Å². The van der Waals surface area contributed by atoms with E-state index in [2.05, 4.69) is 59.5 Å². The highest BCUT2D eigenvalue weighted by Crippen LogP contribution is 2.30. The summed E-state index contributed by atoms with van der Waals surface area (Å²) in [5, 5.41) is 14.3. The van der Waals surface area contributed by atoms with Crippen molar-refractivity contribution in [2.75, 3.05) is 13.1 Å². The minimum Gasteiger partial charge on any atom is -0.481 e. The van der Waals surface area contributed by atoms with Gasteiger partial charge in [-0.25, -0.2) is 0 Å². The maximum absolute atomic E-state index is 11.2. The largest absolute Gasteiger partial charge is 0.481 e. The molecule has 0 atom stereocenters. The summed E-state index contributed by atoms with van der Waals surface area (Å²) in [4.78, 5) is 13.5. The lowest BCUT2D eigenvalue weighted by Crippen LogP contribution is -2.35. The topological polar surface area (TPSA) is 40.5 Å². The number of hydrogen-bond donors (Lipinski definition) is 1. The quantitative estimate of drug-likeness (QED) is 0.732. The lowest BCUT2D eigenvalue weighted by molar-refractivity contribution is -0.143. The molecule has 0 aromatic heterocycles. The zero-order chi connectivity index (χ0) is 16.5. The number of rotatable bonds is 3. The highest BCUT2D eigenvalue weighted by Gasteiger charge is 2.25. The SMILES string of the molecule is O=C(O)C1CCN(Cc2c3ccccc3cc3ccccc23)CC1. The molecule has 1 aliphatic heterocycles. The first kappa shape index (κ1) is 15.2. The van der Waals surface area contributed by atoms with Crippen molar-refractivity contribution in [1.29, 1.82) is 0 Å². The van der Waals surface area contributed by atoms with Gasteiger partial charge in [0.1, 0.15) is 0 Å². The van der Waals surface area contributed by atoms with Gasteiger partial charge in [0.2, 0.25) is 0 Å². The molecule has 1 N–H and O–H groups in total. The highest BCUT2D eigenvalue weighted by molar-refractivity contribution is 6.02. The summed E-state index contributed by atoms with van der Waals surface area (Å²) in [5.41, 5.74) is 1.36. The third-order valence-corrected chi connectivity index (χ3v) is 5.20. The van der Waals surface area contributed by atoms with Crippen molar-refractivity contribution in [1.82, 2.24) is 4.90 Å².